The van der Waals surface area contributed by atoms with Crippen molar-refractivity contribution in [3.63, 3.8) is 0 Å². The van der Waals surface area contributed by atoms with Crippen LogP contribution in [0, 0.1) is 0 Å². The Labute approximate surface area is 158 Å². The van der Waals surface area contributed by atoms with Crippen LogP contribution in [0.1, 0.15) is 10.4 Å². The molecule has 2 amide bonds. The van der Waals surface area contributed by atoms with Gasteiger partial charge in [-0.2, -0.15) is 10.1 Å². The van der Waals surface area contributed by atoms with Gasteiger partial charge in [-0.25, -0.2) is 9.48 Å². The van der Waals surface area contributed by atoms with Crippen LogP contribution < -0.4 is 16.7 Å². The lowest BCUT2D eigenvalue weighted by Gasteiger charge is -2.07. The summed E-state index contributed by atoms with van der Waals surface area (Å²) in [5.41, 5.74) is 6.37. The van der Waals surface area contributed by atoms with E-state index in [1.54, 1.807) is 24.3 Å². The van der Waals surface area contributed by atoms with E-state index in [-0.39, 0.29) is 6.54 Å². The average molecular weight is 384 g/mol. The highest BCUT2D eigenvalue weighted by molar-refractivity contribution is 6.30. The number of anilines is 1. The molecule has 27 heavy (non-hydrogen) atoms. The Morgan fingerprint density at radius 1 is 1.07 bits per heavy atom. The SMILES string of the molecule is NC(=O)c1ccc(NC(=O)Cn2ncc(-c3ccc(Cl)cc3)nc2=O)cc1. The van der Waals surface area contributed by atoms with E-state index in [9.17, 15) is 14.4 Å². The highest BCUT2D eigenvalue weighted by atomic mass is 35.5. The summed E-state index contributed by atoms with van der Waals surface area (Å²) in [6.07, 6.45) is 1.40. The van der Waals surface area contributed by atoms with Gasteiger partial charge in [0.05, 0.1) is 11.9 Å². The lowest BCUT2D eigenvalue weighted by molar-refractivity contribution is -0.117. The lowest BCUT2D eigenvalue weighted by atomic mass is 10.2. The number of nitrogens with one attached hydrogen (secondary N) is 1. The van der Waals surface area contributed by atoms with Crippen LogP contribution in [0.5, 0.6) is 0 Å². The van der Waals surface area contributed by atoms with Crippen LogP contribution in [0.4, 0.5) is 5.69 Å². The smallest absolute Gasteiger partial charge is 0.365 e. The highest BCUT2D eigenvalue weighted by Crippen LogP contribution is 2.17. The van der Waals surface area contributed by atoms with Crippen molar-refractivity contribution >= 4 is 29.1 Å². The van der Waals surface area contributed by atoms with Gasteiger partial charge in [-0.1, -0.05) is 23.7 Å². The van der Waals surface area contributed by atoms with Crippen molar-refractivity contribution in [1.29, 1.82) is 0 Å². The van der Waals surface area contributed by atoms with E-state index in [4.69, 9.17) is 17.3 Å². The van der Waals surface area contributed by atoms with Crippen LogP contribution in [-0.2, 0) is 11.3 Å². The fraction of sp³-hybridized carbons (Fsp3) is 0.0556. The zero-order chi connectivity index (χ0) is 19.4. The summed E-state index contributed by atoms with van der Waals surface area (Å²) in [4.78, 5) is 39.2. The number of amides is 2. The van der Waals surface area contributed by atoms with Crippen LogP contribution in [0.3, 0.4) is 0 Å². The van der Waals surface area contributed by atoms with Crippen LogP contribution in [0.2, 0.25) is 5.02 Å². The van der Waals surface area contributed by atoms with Crippen LogP contribution in [0.15, 0.2) is 59.5 Å². The Balaban J connectivity index is 1.69. The third-order valence-electron chi connectivity index (χ3n) is 3.64. The molecule has 136 valence electrons. The Morgan fingerprint density at radius 2 is 1.74 bits per heavy atom. The number of aromatic nitrogens is 3. The summed E-state index contributed by atoms with van der Waals surface area (Å²) in [6, 6.07) is 12.9. The number of hydrogen-bond donors (Lipinski definition) is 2. The molecule has 3 aromatic rings. The Hall–Kier alpha value is -3.52. The van der Waals surface area contributed by atoms with E-state index in [2.05, 4.69) is 15.4 Å². The van der Waals surface area contributed by atoms with Crippen LogP contribution in [0.25, 0.3) is 11.3 Å². The quantitative estimate of drug-likeness (QED) is 0.694. The zero-order valence-electron chi connectivity index (χ0n) is 13.9. The number of nitrogens with zero attached hydrogens (tertiary/aromatic N) is 3. The second-order valence-electron chi connectivity index (χ2n) is 5.58. The summed E-state index contributed by atoms with van der Waals surface area (Å²) in [5, 5.41) is 7.16. The molecule has 3 rings (SSSR count). The number of rotatable bonds is 5. The second kappa shape index (κ2) is 7.79. The molecular weight excluding hydrogens is 370 g/mol. The number of carbonyl (C=O) groups excluding carboxylic acids is 2. The van der Waals surface area contributed by atoms with Crippen molar-refractivity contribution in [2.75, 3.05) is 5.32 Å². The van der Waals surface area contributed by atoms with E-state index in [0.29, 0.717) is 27.5 Å². The molecule has 0 fully saturated rings. The summed E-state index contributed by atoms with van der Waals surface area (Å²) in [6.45, 7) is -0.301. The number of nitrogens with two attached hydrogens (primary N) is 1. The zero-order valence-corrected chi connectivity index (χ0v) is 14.7. The van der Waals surface area contributed by atoms with Gasteiger partial charge in [0, 0.05) is 21.8 Å². The first-order valence-corrected chi connectivity index (χ1v) is 8.20. The number of benzene rings is 2. The second-order valence-corrected chi connectivity index (χ2v) is 6.01. The number of carbonyl (C=O) groups is 2. The van der Waals surface area contributed by atoms with Crippen molar-refractivity contribution < 1.29 is 9.59 Å². The van der Waals surface area contributed by atoms with Crippen LogP contribution >= 0.6 is 11.6 Å². The monoisotopic (exact) mass is 383 g/mol. The molecule has 0 atom stereocenters. The minimum Gasteiger partial charge on any atom is -0.366 e. The Kier molecular flexibility index (Phi) is 5.28. The van der Waals surface area contributed by atoms with Gasteiger partial charge < -0.3 is 11.1 Å². The third-order valence-corrected chi connectivity index (χ3v) is 3.89. The van der Waals surface area contributed by atoms with Gasteiger partial charge in [0.1, 0.15) is 6.54 Å². The fourth-order valence-electron chi connectivity index (χ4n) is 2.29. The molecule has 0 bridgehead atoms. The number of halogens is 1. The molecule has 1 heterocycles. The summed E-state index contributed by atoms with van der Waals surface area (Å²) < 4.78 is 0.951. The first-order chi connectivity index (χ1) is 12.9. The molecule has 8 nitrogen and oxygen atoms in total. The van der Waals surface area contributed by atoms with Crippen molar-refractivity contribution in [2.24, 2.45) is 5.73 Å². The molecule has 3 N–H and O–H groups in total. The maximum absolute atomic E-state index is 12.1. The largest absolute Gasteiger partial charge is 0.366 e. The molecule has 1 aromatic heterocycles. The molecule has 0 saturated heterocycles. The van der Waals surface area contributed by atoms with Crippen molar-refractivity contribution in [2.45, 2.75) is 6.54 Å². The predicted octanol–water partition coefficient (Wildman–Crippen LogP) is 1.70. The molecule has 0 spiro atoms. The topological polar surface area (TPSA) is 120 Å². The third kappa shape index (κ3) is 4.56. The molecule has 0 radical (unpaired) electrons. The van der Waals surface area contributed by atoms with E-state index < -0.39 is 17.5 Å². The normalized spacial score (nSPS) is 10.4. The van der Waals surface area contributed by atoms with E-state index in [1.807, 2.05) is 0 Å². The van der Waals surface area contributed by atoms with Gasteiger partial charge in [0.15, 0.2) is 0 Å². The minimum atomic E-state index is -0.651. The van der Waals surface area contributed by atoms with Crippen molar-refractivity contribution in [1.82, 2.24) is 14.8 Å². The van der Waals surface area contributed by atoms with E-state index in [0.717, 1.165) is 4.68 Å². The first kappa shape index (κ1) is 18.3. The fourth-order valence-corrected chi connectivity index (χ4v) is 2.41. The number of primary amides is 1. The van der Waals surface area contributed by atoms with Gasteiger partial charge in [-0.15, -0.1) is 0 Å². The van der Waals surface area contributed by atoms with E-state index >= 15 is 0 Å². The molecule has 0 unspecified atom stereocenters. The average Bonchev–Trinajstić information content (AvgIpc) is 2.64. The van der Waals surface area contributed by atoms with Crippen LogP contribution in [-0.4, -0.2) is 26.6 Å². The van der Waals surface area contributed by atoms with Gasteiger partial charge >= 0.3 is 5.69 Å². The molecule has 0 aliphatic rings. The van der Waals surface area contributed by atoms with Crippen molar-refractivity contribution in [3.8, 4) is 11.3 Å². The lowest BCUT2D eigenvalue weighted by Crippen LogP contribution is -2.31. The maximum atomic E-state index is 12.1. The van der Waals surface area contributed by atoms with Gasteiger partial charge in [-0.3, -0.25) is 9.59 Å². The Bertz CT molecular complexity index is 1050. The van der Waals surface area contributed by atoms with Gasteiger partial charge in [0.25, 0.3) is 0 Å². The highest BCUT2D eigenvalue weighted by Gasteiger charge is 2.09. The molecule has 0 saturated carbocycles. The summed E-state index contributed by atoms with van der Waals surface area (Å²) >= 11 is 5.83. The Morgan fingerprint density at radius 3 is 2.33 bits per heavy atom. The number of hydrogen-bond acceptors (Lipinski definition) is 5. The van der Waals surface area contributed by atoms with Gasteiger partial charge in [-0.05, 0) is 36.4 Å². The van der Waals surface area contributed by atoms with Crippen molar-refractivity contribution in [3.05, 3.63) is 75.8 Å². The minimum absolute atomic E-state index is 0.301. The first-order valence-electron chi connectivity index (χ1n) is 7.82. The molecule has 9 heteroatoms. The maximum Gasteiger partial charge on any atom is 0.365 e. The standard InChI is InChI=1S/C18H14ClN5O3/c19-13-5-1-11(2-6-13)15-9-21-24(18(27)23-15)10-16(25)22-14-7-3-12(4-8-14)17(20)26/h1-9H,10H2,(H2,20,26)(H,22,25). The molecule has 0 aliphatic heterocycles. The summed E-state index contributed by atoms with van der Waals surface area (Å²) in [7, 11) is 0. The molecule has 0 aliphatic carbocycles. The van der Waals surface area contributed by atoms with E-state index in [1.165, 1.54) is 30.5 Å². The summed E-state index contributed by atoms with van der Waals surface area (Å²) in [5.74, 6) is -1.02. The molecular formula is C18H14ClN5O3. The predicted molar refractivity (Wildman–Crippen MR) is 100 cm³/mol. The molecule has 2 aromatic carbocycles. The van der Waals surface area contributed by atoms with Gasteiger partial charge in [0.2, 0.25) is 11.8 Å².